The Bertz CT molecular complexity index is 291. The van der Waals surface area contributed by atoms with E-state index >= 15 is 0 Å². The molecule has 0 aromatic heterocycles. The van der Waals surface area contributed by atoms with Crippen LogP contribution in [-0.2, 0) is 4.79 Å². The molecule has 0 saturated heterocycles. The molecule has 1 amide bonds. The van der Waals surface area contributed by atoms with Crippen LogP contribution in [0, 0.1) is 10.8 Å². The summed E-state index contributed by atoms with van der Waals surface area (Å²) in [5.41, 5.74) is 0.0621. The summed E-state index contributed by atoms with van der Waals surface area (Å²) in [6.07, 6.45) is 10.7. The van der Waals surface area contributed by atoms with Crippen molar-refractivity contribution in [3.05, 3.63) is 0 Å². The average molecular weight is 272 g/mol. The number of amides is 1. The van der Waals surface area contributed by atoms with E-state index in [1.165, 1.54) is 44.9 Å². The molecular weight excluding hydrogens is 246 g/mol. The zero-order chi connectivity index (χ0) is 13.1. The normalized spacial score (nSPS) is 25.9. The molecule has 2 saturated carbocycles. The molecule has 2 fully saturated rings. The fraction of sp³-hybridized carbons (Fsp3) is 0.933. The van der Waals surface area contributed by atoms with Gasteiger partial charge in [0.25, 0.3) is 0 Å². The molecule has 0 heterocycles. The van der Waals surface area contributed by atoms with Gasteiger partial charge in [-0.2, -0.15) is 0 Å². The monoisotopic (exact) mass is 271 g/mol. The predicted molar refractivity (Wildman–Crippen MR) is 75.8 cm³/mol. The number of hydrogen-bond acceptors (Lipinski definition) is 1. The lowest BCUT2D eigenvalue weighted by Crippen LogP contribution is -2.45. The van der Waals surface area contributed by atoms with Crippen LogP contribution in [0.25, 0.3) is 0 Å². The first-order chi connectivity index (χ1) is 8.60. The predicted octanol–water partition coefficient (Wildman–Crippen LogP) is 3.87. The summed E-state index contributed by atoms with van der Waals surface area (Å²) in [5.74, 6) is 0.944. The lowest BCUT2D eigenvalue weighted by Gasteiger charge is -2.36. The quantitative estimate of drug-likeness (QED) is 0.773. The highest BCUT2D eigenvalue weighted by molar-refractivity contribution is 6.18. The Morgan fingerprint density at radius 1 is 1.06 bits per heavy atom. The molecule has 0 aromatic carbocycles. The first-order valence-corrected chi connectivity index (χ1v) is 7.98. The van der Waals surface area contributed by atoms with Gasteiger partial charge in [-0.25, -0.2) is 0 Å². The smallest absolute Gasteiger partial charge is 0.225 e. The van der Waals surface area contributed by atoms with E-state index in [9.17, 15) is 4.79 Å². The van der Waals surface area contributed by atoms with Crippen LogP contribution in [-0.4, -0.2) is 18.3 Å². The maximum absolute atomic E-state index is 12.3. The summed E-state index contributed by atoms with van der Waals surface area (Å²) < 4.78 is 0. The number of nitrogens with one attached hydrogen (secondary N) is 1. The number of hydrogen-bond donors (Lipinski definition) is 1. The van der Waals surface area contributed by atoms with Crippen LogP contribution in [0.4, 0.5) is 0 Å². The van der Waals surface area contributed by atoms with E-state index in [2.05, 4.69) is 12.2 Å². The molecule has 104 valence electrons. The van der Waals surface area contributed by atoms with Gasteiger partial charge >= 0.3 is 0 Å². The minimum Gasteiger partial charge on any atom is -0.355 e. The van der Waals surface area contributed by atoms with Crippen molar-refractivity contribution < 1.29 is 4.79 Å². The van der Waals surface area contributed by atoms with Crippen LogP contribution in [0.5, 0.6) is 0 Å². The van der Waals surface area contributed by atoms with E-state index in [1.54, 1.807) is 0 Å². The Morgan fingerprint density at radius 2 is 1.61 bits per heavy atom. The Kier molecular flexibility index (Phi) is 4.58. The molecule has 0 atom stereocenters. The Hall–Kier alpha value is -0.240. The molecule has 2 nitrogen and oxygen atoms in total. The molecular formula is C15H26ClNO. The summed E-state index contributed by atoms with van der Waals surface area (Å²) in [6, 6.07) is 0. The molecule has 0 bridgehead atoms. The van der Waals surface area contributed by atoms with E-state index < -0.39 is 0 Å². The third kappa shape index (κ3) is 3.01. The van der Waals surface area contributed by atoms with Gasteiger partial charge in [-0.15, -0.1) is 11.6 Å². The third-order valence-corrected chi connectivity index (χ3v) is 5.64. The van der Waals surface area contributed by atoms with Gasteiger partial charge in [0.05, 0.1) is 0 Å². The number of carbonyl (C=O) groups excluding carboxylic acids is 1. The van der Waals surface area contributed by atoms with E-state index in [0.29, 0.717) is 5.88 Å². The van der Waals surface area contributed by atoms with Crippen molar-refractivity contribution >= 4 is 17.5 Å². The van der Waals surface area contributed by atoms with Gasteiger partial charge in [0, 0.05) is 23.3 Å². The zero-order valence-electron chi connectivity index (χ0n) is 11.6. The third-order valence-electron chi connectivity index (χ3n) is 5.08. The highest BCUT2D eigenvalue weighted by atomic mass is 35.5. The van der Waals surface area contributed by atoms with Crippen molar-refractivity contribution in [2.24, 2.45) is 10.8 Å². The van der Waals surface area contributed by atoms with Gasteiger partial charge in [-0.1, -0.05) is 39.0 Å². The van der Waals surface area contributed by atoms with Gasteiger partial charge in [0.1, 0.15) is 0 Å². The molecule has 18 heavy (non-hydrogen) atoms. The topological polar surface area (TPSA) is 29.1 Å². The molecule has 0 aliphatic heterocycles. The van der Waals surface area contributed by atoms with Crippen molar-refractivity contribution in [1.29, 1.82) is 0 Å². The number of alkyl halides is 1. The van der Waals surface area contributed by atoms with Crippen LogP contribution >= 0.6 is 11.6 Å². The van der Waals surface area contributed by atoms with Crippen LogP contribution in [0.3, 0.4) is 0 Å². The summed E-state index contributed by atoms with van der Waals surface area (Å²) >= 11 is 6.16. The van der Waals surface area contributed by atoms with Crippen molar-refractivity contribution in [2.75, 3.05) is 12.4 Å². The summed E-state index contributed by atoms with van der Waals surface area (Å²) in [6.45, 7) is 2.90. The average Bonchev–Trinajstić information content (AvgIpc) is 2.85. The largest absolute Gasteiger partial charge is 0.355 e. The van der Waals surface area contributed by atoms with Crippen molar-refractivity contribution in [3.63, 3.8) is 0 Å². The van der Waals surface area contributed by atoms with E-state index in [1.807, 2.05) is 0 Å². The van der Waals surface area contributed by atoms with Crippen molar-refractivity contribution in [3.8, 4) is 0 Å². The maximum Gasteiger partial charge on any atom is 0.225 e. The Balaban J connectivity index is 1.87. The SMILES string of the molecule is CC1(C(=O)NCC2(CCl)CCCCC2)CCCC1. The minimum atomic E-state index is -0.109. The van der Waals surface area contributed by atoms with Gasteiger partial charge in [-0.3, -0.25) is 4.79 Å². The summed E-state index contributed by atoms with van der Waals surface area (Å²) in [5, 5.41) is 3.20. The van der Waals surface area contributed by atoms with Crippen molar-refractivity contribution in [2.45, 2.75) is 64.7 Å². The standard InChI is InChI=1S/C15H26ClNO/c1-14(7-5-6-8-14)13(18)17-12-15(11-16)9-3-2-4-10-15/h2-12H2,1H3,(H,17,18). The molecule has 0 spiro atoms. The van der Waals surface area contributed by atoms with Crippen molar-refractivity contribution in [1.82, 2.24) is 5.32 Å². The number of halogens is 1. The van der Waals surface area contributed by atoms with Gasteiger partial charge in [-0.05, 0) is 25.7 Å². The molecule has 1 N–H and O–H groups in total. The lowest BCUT2D eigenvalue weighted by atomic mass is 9.75. The summed E-state index contributed by atoms with van der Waals surface area (Å²) in [4.78, 5) is 12.3. The van der Waals surface area contributed by atoms with Gasteiger partial charge in [0.2, 0.25) is 5.91 Å². The van der Waals surface area contributed by atoms with Crippen LogP contribution < -0.4 is 5.32 Å². The lowest BCUT2D eigenvalue weighted by molar-refractivity contribution is -0.130. The second kappa shape index (κ2) is 5.81. The molecule has 2 aliphatic rings. The fourth-order valence-electron chi connectivity index (χ4n) is 3.52. The van der Waals surface area contributed by atoms with E-state index in [0.717, 1.165) is 19.4 Å². The van der Waals surface area contributed by atoms with E-state index in [4.69, 9.17) is 11.6 Å². The zero-order valence-corrected chi connectivity index (χ0v) is 12.3. The van der Waals surface area contributed by atoms with E-state index in [-0.39, 0.29) is 16.7 Å². The van der Waals surface area contributed by atoms with Gasteiger partial charge in [0.15, 0.2) is 0 Å². The first kappa shape index (κ1) is 14.2. The number of rotatable bonds is 4. The van der Waals surface area contributed by atoms with Crippen LogP contribution in [0.15, 0.2) is 0 Å². The molecule has 0 radical (unpaired) electrons. The first-order valence-electron chi connectivity index (χ1n) is 7.45. The Labute approximate surface area is 116 Å². The molecule has 2 rings (SSSR count). The highest BCUT2D eigenvalue weighted by Crippen LogP contribution is 2.39. The molecule has 0 unspecified atom stereocenters. The van der Waals surface area contributed by atoms with Crippen LogP contribution in [0.1, 0.15) is 64.7 Å². The highest BCUT2D eigenvalue weighted by Gasteiger charge is 2.38. The Morgan fingerprint density at radius 3 is 2.17 bits per heavy atom. The second-order valence-corrected chi connectivity index (χ2v) is 6.91. The molecule has 2 aliphatic carbocycles. The fourth-order valence-corrected chi connectivity index (χ4v) is 3.88. The minimum absolute atomic E-state index is 0.109. The summed E-state index contributed by atoms with van der Waals surface area (Å²) in [7, 11) is 0. The molecule has 0 aromatic rings. The second-order valence-electron chi connectivity index (χ2n) is 6.64. The van der Waals surface area contributed by atoms with Crippen LogP contribution in [0.2, 0.25) is 0 Å². The maximum atomic E-state index is 12.3. The number of carbonyl (C=O) groups is 1. The molecule has 3 heteroatoms. The van der Waals surface area contributed by atoms with Gasteiger partial charge < -0.3 is 5.32 Å².